The van der Waals surface area contributed by atoms with E-state index in [2.05, 4.69) is 31.1 Å². The first kappa shape index (κ1) is 12.8. The predicted octanol–water partition coefficient (Wildman–Crippen LogP) is 3.15. The lowest BCUT2D eigenvalue weighted by atomic mass is 10.0. The number of H-pyrrole nitrogens is 1. The summed E-state index contributed by atoms with van der Waals surface area (Å²) < 4.78 is 2.72. The SMILES string of the molecule is Nc1[nH]nc2c1c(C1CCCC1)nn2-c1ccc(Br)cn1. The number of nitrogens with zero attached hydrogens (tertiary/aromatic N) is 4. The minimum atomic E-state index is 0.476. The normalized spacial score (nSPS) is 16.0. The highest BCUT2D eigenvalue weighted by Gasteiger charge is 2.26. The quantitative estimate of drug-likeness (QED) is 0.746. The topological polar surface area (TPSA) is 85.4 Å². The number of hydrogen-bond acceptors (Lipinski definition) is 4. The molecular weight excluding hydrogens is 332 g/mol. The summed E-state index contributed by atoms with van der Waals surface area (Å²) in [5, 5.41) is 12.9. The third-order valence-electron chi connectivity index (χ3n) is 4.11. The van der Waals surface area contributed by atoms with Gasteiger partial charge >= 0.3 is 0 Å². The molecule has 4 rings (SSSR count). The predicted molar refractivity (Wildman–Crippen MR) is 84.3 cm³/mol. The smallest absolute Gasteiger partial charge is 0.188 e. The fraction of sp³-hybridized carbons (Fsp3) is 0.357. The molecule has 0 radical (unpaired) electrons. The van der Waals surface area contributed by atoms with Crippen LogP contribution in [0.5, 0.6) is 0 Å². The van der Waals surface area contributed by atoms with Gasteiger partial charge in [0, 0.05) is 16.6 Å². The molecular formula is C14H15BrN6. The number of nitrogens with one attached hydrogen (secondary N) is 1. The summed E-state index contributed by atoms with van der Waals surface area (Å²) in [5.74, 6) is 1.82. The number of nitrogens with two attached hydrogens (primary N) is 1. The highest BCUT2D eigenvalue weighted by molar-refractivity contribution is 9.10. The van der Waals surface area contributed by atoms with Crippen molar-refractivity contribution in [2.24, 2.45) is 0 Å². The molecule has 0 spiro atoms. The van der Waals surface area contributed by atoms with Gasteiger partial charge in [0.2, 0.25) is 0 Å². The van der Waals surface area contributed by atoms with E-state index in [-0.39, 0.29) is 0 Å². The van der Waals surface area contributed by atoms with Gasteiger partial charge in [-0.25, -0.2) is 4.98 Å². The van der Waals surface area contributed by atoms with Crippen molar-refractivity contribution in [1.29, 1.82) is 0 Å². The number of anilines is 1. The van der Waals surface area contributed by atoms with Crippen LogP contribution in [0, 0.1) is 0 Å². The van der Waals surface area contributed by atoms with Crippen molar-refractivity contribution >= 4 is 32.8 Å². The minimum absolute atomic E-state index is 0.476. The lowest BCUT2D eigenvalue weighted by molar-refractivity contribution is 0.679. The Kier molecular flexibility index (Phi) is 2.95. The molecule has 3 aromatic heterocycles. The molecule has 0 aliphatic heterocycles. The maximum Gasteiger partial charge on any atom is 0.188 e. The summed E-state index contributed by atoms with van der Waals surface area (Å²) in [6.07, 6.45) is 6.61. The Morgan fingerprint density at radius 2 is 2.10 bits per heavy atom. The summed E-state index contributed by atoms with van der Waals surface area (Å²) in [5.41, 5.74) is 7.87. The Labute approximate surface area is 129 Å². The van der Waals surface area contributed by atoms with Gasteiger partial charge in [0.1, 0.15) is 5.82 Å². The average molecular weight is 347 g/mol. The monoisotopic (exact) mass is 346 g/mol. The standard InChI is InChI=1S/C14H15BrN6/c15-9-5-6-10(17-7-9)21-14-11(13(16)18-19-14)12(20-21)8-3-1-2-4-8/h5-8H,1-4H2,(H3,16,18,19). The maximum atomic E-state index is 6.06. The van der Waals surface area contributed by atoms with Gasteiger partial charge in [-0.3, -0.25) is 5.10 Å². The zero-order chi connectivity index (χ0) is 14.4. The largest absolute Gasteiger partial charge is 0.383 e. The first-order valence-electron chi connectivity index (χ1n) is 7.08. The lowest BCUT2D eigenvalue weighted by Gasteiger charge is -2.05. The Bertz CT molecular complexity index is 782. The molecule has 1 saturated carbocycles. The van der Waals surface area contributed by atoms with E-state index >= 15 is 0 Å². The van der Waals surface area contributed by atoms with Crippen LogP contribution in [0.2, 0.25) is 0 Å². The van der Waals surface area contributed by atoms with Crippen LogP contribution in [-0.4, -0.2) is 25.0 Å². The van der Waals surface area contributed by atoms with E-state index in [1.54, 1.807) is 10.9 Å². The molecule has 3 N–H and O–H groups in total. The molecule has 0 atom stereocenters. The molecule has 0 bridgehead atoms. The Morgan fingerprint density at radius 3 is 2.81 bits per heavy atom. The number of aromatic nitrogens is 5. The Morgan fingerprint density at radius 1 is 1.29 bits per heavy atom. The minimum Gasteiger partial charge on any atom is -0.383 e. The molecule has 21 heavy (non-hydrogen) atoms. The number of hydrogen-bond donors (Lipinski definition) is 2. The van der Waals surface area contributed by atoms with Gasteiger partial charge in [-0.1, -0.05) is 12.8 Å². The number of nitrogen functional groups attached to an aromatic ring is 1. The maximum absolute atomic E-state index is 6.06. The number of fused-ring (bicyclic) bond motifs is 1. The first-order valence-corrected chi connectivity index (χ1v) is 7.88. The van der Waals surface area contributed by atoms with Crippen LogP contribution in [0.15, 0.2) is 22.8 Å². The second-order valence-corrected chi connectivity index (χ2v) is 6.36. The van der Waals surface area contributed by atoms with Crippen molar-refractivity contribution in [2.45, 2.75) is 31.6 Å². The molecule has 6 nitrogen and oxygen atoms in total. The van der Waals surface area contributed by atoms with E-state index in [0.717, 1.165) is 27.0 Å². The van der Waals surface area contributed by atoms with E-state index in [9.17, 15) is 0 Å². The summed E-state index contributed by atoms with van der Waals surface area (Å²) in [4.78, 5) is 4.41. The van der Waals surface area contributed by atoms with Gasteiger partial charge in [0.15, 0.2) is 11.5 Å². The summed E-state index contributed by atoms with van der Waals surface area (Å²) in [6.45, 7) is 0. The third-order valence-corrected chi connectivity index (χ3v) is 4.58. The van der Waals surface area contributed by atoms with Gasteiger partial charge in [-0.05, 0) is 40.9 Å². The van der Waals surface area contributed by atoms with Crippen molar-refractivity contribution in [3.05, 3.63) is 28.5 Å². The zero-order valence-electron chi connectivity index (χ0n) is 11.4. The van der Waals surface area contributed by atoms with Gasteiger partial charge in [-0.15, -0.1) is 0 Å². The van der Waals surface area contributed by atoms with Crippen LogP contribution in [0.3, 0.4) is 0 Å². The summed E-state index contributed by atoms with van der Waals surface area (Å²) in [6, 6.07) is 3.86. The molecule has 108 valence electrons. The van der Waals surface area contributed by atoms with E-state index in [0.29, 0.717) is 11.7 Å². The lowest BCUT2D eigenvalue weighted by Crippen LogP contribution is -2.02. The molecule has 7 heteroatoms. The fourth-order valence-corrected chi connectivity index (χ4v) is 3.33. The van der Waals surface area contributed by atoms with Gasteiger partial charge in [-0.2, -0.15) is 14.9 Å². The Balaban J connectivity index is 1.91. The molecule has 3 heterocycles. The highest BCUT2D eigenvalue weighted by Crippen LogP contribution is 2.38. The molecule has 0 aromatic carbocycles. The molecule has 1 aliphatic carbocycles. The van der Waals surface area contributed by atoms with Crippen LogP contribution in [0.4, 0.5) is 5.82 Å². The van der Waals surface area contributed by atoms with E-state index < -0.39 is 0 Å². The van der Waals surface area contributed by atoms with Crippen LogP contribution >= 0.6 is 15.9 Å². The molecule has 1 fully saturated rings. The number of pyridine rings is 1. The molecule has 0 saturated heterocycles. The van der Waals surface area contributed by atoms with Crippen LogP contribution < -0.4 is 5.73 Å². The highest BCUT2D eigenvalue weighted by atomic mass is 79.9. The van der Waals surface area contributed by atoms with E-state index in [1.807, 2.05) is 12.1 Å². The first-order chi connectivity index (χ1) is 10.2. The average Bonchev–Trinajstić information content (AvgIpc) is 3.18. The number of aromatic amines is 1. The van der Waals surface area contributed by atoms with Crippen LogP contribution in [-0.2, 0) is 0 Å². The second-order valence-electron chi connectivity index (χ2n) is 5.45. The van der Waals surface area contributed by atoms with Crippen LogP contribution in [0.25, 0.3) is 16.9 Å². The molecule has 0 amide bonds. The number of rotatable bonds is 2. The second kappa shape index (κ2) is 4.84. The van der Waals surface area contributed by atoms with Crippen molar-refractivity contribution in [3.63, 3.8) is 0 Å². The fourth-order valence-electron chi connectivity index (χ4n) is 3.09. The van der Waals surface area contributed by atoms with Crippen molar-refractivity contribution in [1.82, 2.24) is 25.0 Å². The van der Waals surface area contributed by atoms with Crippen molar-refractivity contribution < 1.29 is 0 Å². The van der Waals surface area contributed by atoms with Gasteiger partial charge < -0.3 is 5.73 Å². The van der Waals surface area contributed by atoms with Crippen molar-refractivity contribution in [3.8, 4) is 5.82 Å². The summed E-state index contributed by atoms with van der Waals surface area (Å²) in [7, 11) is 0. The molecule has 3 aromatic rings. The van der Waals surface area contributed by atoms with E-state index in [1.165, 1.54) is 25.7 Å². The molecule has 1 aliphatic rings. The summed E-state index contributed by atoms with van der Waals surface area (Å²) >= 11 is 3.40. The Hall–Kier alpha value is -1.89. The van der Waals surface area contributed by atoms with Crippen LogP contribution in [0.1, 0.15) is 37.3 Å². The molecule has 0 unspecified atom stereocenters. The third kappa shape index (κ3) is 2.03. The van der Waals surface area contributed by atoms with Gasteiger partial charge in [0.25, 0.3) is 0 Å². The van der Waals surface area contributed by atoms with Crippen molar-refractivity contribution in [2.75, 3.05) is 5.73 Å². The van der Waals surface area contributed by atoms with Gasteiger partial charge in [0.05, 0.1) is 11.1 Å². The van der Waals surface area contributed by atoms with E-state index in [4.69, 9.17) is 10.8 Å². The number of halogens is 1. The zero-order valence-corrected chi connectivity index (χ0v) is 13.0.